The topological polar surface area (TPSA) is 41.1 Å². The van der Waals surface area contributed by atoms with E-state index in [1.54, 1.807) is 0 Å². The lowest BCUT2D eigenvalue weighted by molar-refractivity contribution is 0.321. The first kappa shape index (κ1) is 15.1. The lowest BCUT2D eigenvalue weighted by Crippen LogP contribution is -2.31. The van der Waals surface area contributed by atoms with Crippen molar-refractivity contribution in [2.45, 2.75) is 52.9 Å². The monoisotopic (exact) mass is 276 g/mol. The highest BCUT2D eigenvalue weighted by Gasteiger charge is 2.21. The lowest BCUT2D eigenvalue weighted by Gasteiger charge is -2.31. The molecule has 1 aliphatic carbocycles. The molecule has 1 aliphatic rings. The van der Waals surface area contributed by atoms with Crippen LogP contribution in [0.2, 0.25) is 0 Å². The summed E-state index contributed by atoms with van der Waals surface area (Å²) >= 11 is 0. The second-order valence-electron chi connectivity index (χ2n) is 5.89. The van der Waals surface area contributed by atoms with Crippen LogP contribution in [0.3, 0.4) is 0 Å². The molecule has 1 aromatic heterocycles. The first-order chi connectivity index (χ1) is 9.65. The molecule has 0 spiro atoms. The van der Waals surface area contributed by atoms with E-state index >= 15 is 0 Å². The van der Waals surface area contributed by atoms with Gasteiger partial charge in [0.15, 0.2) is 0 Å². The highest BCUT2D eigenvalue weighted by Crippen LogP contribution is 2.30. The van der Waals surface area contributed by atoms with Gasteiger partial charge in [-0.15, -0.1) is 0 Å². The van der Waals surface area contributed by atoms with Gasteiger partial charge in [0.2, 0.25) is 0 Å². The van der Waals surface area contributed by atoms with Crippen molar-refractivity contribution in [3.05, 3.63) is 11.4 Å². The normalized spacial score (nSPS) is 15.0. The van der Waals surface area contributed by atoms with E-state index < -0.39 is 0 Å². The number of aryl methyl sites for hydroxylation is 1. The summed E-state index contributed by atoms with van der Waals surface area (Å²) in [5, 5.41) is 3.44. The second kappa shape index (κ2) is 6.91. The highest BCUT2D eigenvalue weighted by atomic mass is 15.2. The molecule has 1 N–H and O–H groups in total. The van der Waals surface area contributed by atoms with Gasteiger partial charge >= 0.3 is 0 Å². The average molecular weight is 276 g/mol. The van der Waals surface area contributed by atoms with Gasteiger partial charge in [0.25, 0.3) is 0 Å². The molecule has 0 bridgehead atoms. The van der Waals surface area contributed by atoms with E-state index in [2.05, 4.69) is 43.0 Å². The zero-order valence-electron chi connectivity index (χ0n) is 13.4. The van der Waals surface area contributed by atoms with Crippen molar-refractivity contribution in [3.8, 4) is 0 Å². The van der Waals surface area contributed by atoms with Crippen LogP contribution in [0.5, 0.6) is 0 Å². The Hall–Kier alpha value is -1.32. The predicted octanol–water partition coefficient (Wildman–Crippen LogP) is 3.41. The summed E-state index contributed by atoms with van der Waals surface area (Å²) in [7, 11) is 2.16. The molecule has 1 aromatic rings. The van der Waals surface area contributed by atoms with Crippen LogP contribution in [-0.4, -0.2) is 30.1 Å². The Balaban J connectivity index is 2.19. The van der Waals surface area contributed by atoms with Crippen molar-refractivity contribution >= 4 is 11.6 Å². The summed E-state index contributed by atoms with van der Waals surface area (Å²) in [5.74, 6) is 3.90. The molecule has 1 heterocycles. The molecule has 1 fully saturated rings. The van der Waals surface area contributed by atoms with Gasteiger partial charge in [0, 0.05) is 32.1 Å². The van der Waals surface area contributed by atoms with Gasteiger partial charge in [-0.25, -0.2) is 9.97 Å². The SMILES string of the molecule is CCCNc1nc(CC)nc(N(C)CC2CCC2)c1C. The van der Waals surface area contributed by atoms with Crippen LogP contribution >= 0.6 is 0 Å². The summed E-state index contributed by atoms with van der Waals surface area (Å²) < 4.78 is 0. The van der Waals surface area contributed by atoms with Crippen LogP contribution in [0.15, 0.2) is 0 Å². The van der Waals surface area contributed by atoms with Crippen molar-refractivity contribution in [2.24, 2.45) is 5.92 Å². The Labute approximate surface area is 123 Å². The molecule has 0 saturated heterocycles. The third-order valence-corrected chi connectivity index (χ3v) is 4.14. The molecule has 112 valence electrons. The maximum atomic E-state index is 4.75. The Kier molecular flexibility index (Phi) is 5.21. The van der Waals surface area contributed by atoms with E-state index in [0.717, 1.165) is 49.3 Å². The van der Waals surface area contributed by atoms with Crippen LogP contribution in [0, 0.1) is 12.8 Å². The van der Waals surface area contributed by atoms with Crippen molar-refractivity contribution < 1.29 is 0 Å². The number of nitrogens with one attached hydrogen (secondary N) is 1. The van der Waals surface area contributed by atoms with E-state index in [0.29, 0.717) is 0 Å². The third-order valence-electron chi connectivity index (χ3n) is 4.14. The summed E-state index contributed by atoms with van der Waals surface area (Å²) in [6.07, 6.45) is 6.13. The molecule has 0 radical (unpaired) electrons. The van der Waals surface area contributed by atoms with Crippen LogP contribution in [-0.2, 0) is 6.42 Å². The van der Waals surface area contributed by atoms with Gasteiger partial charge < -0.3 is 10.2 Å². The molecule has 2 rings (SSSR count). The highest BCUT2D eigenvalue weighted by molar-refractivity contribution is 5.58. The Morgan fingerprint density at radius 1 is 1.25 bits per heavy atom. The second-order valence-corrected chi connectivity index (χ2v) is 5.89. The zero-order chi connectivity index (χ0) is 14.5. The minimum absolute atomic E-state index is 0.853. The van der Waals surface area contributed by atoms with Gasteiger partial charge in [0.05, 0.1) is 0 Å². The molecule has 1 saturated carbocycles. The summed E-state index contributed by atoms with van der Waals surface area (Å²) in [6.45, 7) is 8.50. The third kappa shape index (κ3) is 3.41. The van der Waals surface area contributed by atoms with E-state index in [1.807, 2.05) is 0 Å². The molecule has 4 nitrogen and oxygen atoms in total. The fourth-order valence-corrected chi connectivity index (χ4v) is 2.64. The molecule has 0 aromatic carbocycles. The fraction of sp³-hybridized carbons (Fsp3) is 0.750. The summed E-state index contributed by atoms with van der Waals surface area (Å²) in [6, 6.07) is 0. The number of rotatable bonds is 7. The number of aromatic nitrogens is 2. The maximum absolute atomic E-state index is 4.75. The van der Waals surface area contributed by atoms with Crippen molar-refractivity contribution in [3.63, 3.8) is 0 Å². The van der Waals surface area contributed by atoms with Crippen LogP contribution < -0.4 is 10.2 Å². The number of hydrogen-bond donors (Lipinski definition) is 1. The van der Waals surface area contributed by atoms with Gasteiger partial charge in [-0.1, -0.05) is 20.3 Å². The van der Waals surface area contributed by atoms with E-state index in [9.17, 15) is 0 Å². The molecule has 0 unspecified atom stereocenters. The number of hydrogen-bond acceptors (Lipinski definition) is 4. The first-order valence-electron chi connectivity index (χ1n) is 7.98. The maximum Gasteiger partial charge on any atom is 0.137 e. The van der Waals surface area contributed by atoms with Gasteiger partial charge in [0.1, 0.15) is 17.5 Å². The molecular formula is C16H28N4. The van der Waals surface area contributed by atoms with Crippen molar-refractivity contribution in [1.82, 2.24) is 9.97 Å². The van der Waals surface area contributed by atoms with Gasteiger partial charge in [-0.2, -0.15) is 0 Å². The fourth-order valence-electron chi connectivity index (χ4n) is 2.64. The smallest absolute Gasteiger partial charge is 0.137 e. The number of anilines is 2. The molecular weight excluding hydrogens is 248 g/mol. The van der Waals surface area contributed by atoms with Crippen LogP contribution in [0.1, 0.15) is 50.9 Å². The standard InChI is InChI=1S/C16H28N4/c1-5-10-17-15-12(3)16(19-14(6-2)18-15)20(4)11-13-8-7-9-13/h13H,5-11H2,1-4H3,(H,17,18,19). The first-order valence-corrected chi connectivity index (χ1v) is 7.98. The largest absolute Gasteiger partial charge is 0.370 e. The average Bonchev–Trinajstić information content (AvgIpc) is 2.41. The molecule has 4 heteroatoms. The van der Waals surface area contributed by atoms with Crippen molar-refractivity contribution in [1.29, 1.82) is 0 Å². The summed E-state index contributed by atoms with van der Waals surface area (Å²) in [5.41, 5.74) is 1.18. The van der Waals surface area contributed by atoms with E-state index in [1.165, 1.54) is 24.8 Å². The minimum atomic E-state index is 0.853. The Morgan fingerprint density at radius 2 is 2.00 bits per heavy atom. The molecule has 0 amide bonds. The van der Waals surface area contributed by atoms with Gasteiger partial charge in [-0.3, -0.25) is 0 Å². The van der Waals surface area contributed by atoms with Crippen LogP contribution in [0.25, 0.3) is 0 Å². The predicted molar refractivity (Wildman–Crippen MR) is 85.5 cm³/mol. The van der Waals surface area contributed by atoms with E-state index in [-0.39, 0.29) is 0 Å². The quantitative estimate of drug-likeness (QED) is 0.828. The minimum Gasteiger partial charge on any atom is -0.370 e. The lowest BCUT2D eigenvalue weighted by atomic mass is 9.85. The van der Waals surface area contributed by atoms with Crippen LogP contribution in [0.4, 0.5) is 11.6 Å². The molecule has 0 aliphatic heterocycles. The van der Waals surface area contributed by atoms with E-state index in [4.69, 9.17) is 4.98 Å². The summed E-state index contributed by atoms with van der Waals surface area (Å²) in [4.78, 5) is 11.7. The van der Waals surface area contributed by atoms with Gasteiger partial charge in [-0.05, 0) is 32.1 Å². The Morgan fingerprint density at radius 3 is 2.55 bits per heavy atom. The molecule has 20 heavy (non-hydrogen) atoms. The molecule has 0 atom stereocenters. The van der Waals surface area contributed by atoms with Crippen molar-refractivity contribution in [2.75, 3.05) is 30.4 Å². The number of nitrogens with zero attached hydrogens (tertiary/aromatic N) is 3. The zero-order valence-corrected chi connectivity index (χ0v) is 13.4. The Bertz CT molecular complexity index is 440.